The van der Waals surface area contributed by atoms with Gasteiger partial charge in [-0.05, 0) is 74.5 Å². The number of nitrogens with one attached hydrogen (secondary N) is 1. The van der Waals surface area contributed by atoms with E-state index >= 15 is 0 Å². The van der Waals surface area contributed by atoms with Crippen LogP contribution in [0, 0.1) is 5.82 Å². The maximum atomic E-state index is 13.9. The van der Waals surface area contributed by atoms with Crippen molar-refractivity contribution >= 4 is 5.91 Å². The number of aryl methyl sites for hydroxylation is 1. The number of amides is 1. The monoisotopic (exact) mass is 507 g/mol. The lowest BCUT2D eigenvalue weighted by Crippen LogP contribution is -2.59. The van der Waals surface area contributed by atoms with Gasteiger partial charge in [0, 0.05) is 38.3 Å². The second-order valence-electron chi connectivity index (χ2n) is 9.83. The molecule has 1 amide bonds. The first kappa shape index (κ1) is 26.4. The van der Waals surface area contributed by atoms with E-state index in [0.29, 0.717) is 42.6 Å². The average molecular weight is 508 g/mol. The number of alkyl halides is 3. The van der Waals surface area contributed by atoms with Crippen LogP contribution in [0.3, 0.4) is 0 Å². The quantitative estimate of drug-likeness (QED) is 0.585. The summed E-state index contributed by atoms with van der Waals surface area (Å²) in [6.07, 6.45) is -1.66. The molecule has 0 bridgehead atoms. The van der Waals surface area contributed by atoms with Gasteiger partial charge in [-0.1, -0.05) is 12.1 Å². The van der Waals surface area contributed by atoms with E-state index in [9.17, 15) is 22.4 Å². The zero-order chi connectivity index (χ0) is 26.1. The van der Waals surface area contributed by atoms with Crippen LogP contribution in [0.5, 0.6) is 5.75 Å². The Morgan fingerprint density at radius 2 is 1.69 bits per heavy atom. The van der Waals surface area contributed by atoms with Crippen molar-refractivity contribution in [2.45, 2.75) is 50.9 Å². The normalized spacial score (nSPS) is 18.9. The number of piperazine rings is 1. The lowest BCUT2D eigenvalue weighted by molar-refractivity contribution is -0.138. The molecule has 2 aromatic rings. The summed E-state index contributed by atoms with van der Waals surface area (Å²) in [6, 6.07) is 7.04. The third kappa shape index (κ3) is 5.09. The highest BCUT2D eigenvalue weighted by Crippen LogP contribution is 2.43. The summed E-state index contributed by atoms with van der Waals surface area (Å²) in [5.74, 6) is -0.977. The standard InChI is InChI=1S/C27H33F4N3O2/c1-26(19-8-10-20(28)11-9-19,34-14-12-33(2)13-15-34)25(35)32-17-22-21-7-5-4-6-18(21)16-23(24(22)36-3)27(29,30)31/h8-11,16H,4-7,12-15,17H2,1-3H3,(H,32,35). The molecule has 1 N–H and O–H groups in total. The molecule has 0 aromatic heterocycles. The molecule has 5 nitrogen and oxygen atoms in total. The smallest absolute Gasteiger partial charge is 0.419 e. The van der Waals surface area contributed by atoms with Crippen molar-refractivity contribution in [3.63, 3.8) is 0 Å². The Morgan fingerprint density at radius 3 is 2.31 bits per heavy atom. The Hall–Kier alpha value is -2.65. The molecule has 1 saturated heterocycles. The van der Waals surface area contributed by atoms with Gasteiger partial charge in [-0.3, -0.25) is 9.69 Å². The Bertz CT molecular complexity index is 1100. The summed E-state index contributed by atoms with van der Waals surface area (Å²) in [4.78, 5) is 18.0. The van der Waals surface area contributed by atoms with Crippen molar-refractivity contribution in [2.24, 2.45) is 0 Å². The summed E-state index contributed by atoms with van der Waals surface area (Å²) in [6.45, 7) is 4.48. The molecular weight excluding hydrogens is 474 g/mol. The molecule has 1 unspecified atom stereocenters. The number of nitrogens with zero attached hydrogens (tertiary/aromatic N) is 2. The van der Waals surface area contributed by atoms with Crippen molar-refractivity contribution in [1.82, 2.24) is 15.1 Å². The fraction of sp³-hybridized carbons (Fsp3) is 0.519. The molecule has 0 spiro atoms. The SMILES string of the molecule is COc1c(C(F)(F)F)cc2c(c1CNC(=O)C(C)(c1ccc(F)cc1)N1CCN(C)CC1)CCCC2. The van der Waals surface area contributed by atoms with E-state index in [1.807, 2.05) is 7.05 Å². The molecule has 2 aromatic carbocycles. The predicted molar refractivity (Wildman–Crippen MR) is 129 cm³/mol. The number of fused-ring (bicyclic) bond motifs is 1. The molecule has 36 heavy (non-hydrogen) atoms. The first-order chi connectivity index (χ1) is 17.1. The van der Waals surface area contributed by atoms with Crippen molar-refractivity contribution in [1.29, 1.82) is 0 Å². The minimum Gasteiger partial charge on any atom is -0.496 e. The molecule has 2 aliphatic rings. The van der Waals surface area contributed by atoms with E-state index in [4.69, 9.17) is 4.74 Å². The van der Waals surface area contributed by atoms with Gasteiger partial charge in [-0.15, -0.1) is 0 Å². The van der Waals surface area contributed by atoms with E-state index in [1.54, 1.807) is 19.1 Å². The number of rotatable bonds is 6. The molecule has 4 rings (SSSR count). The van der Waals surface area contributed by atoms with E-state index < -0.39 is 23.1 Å². The van der Waals surface area contributed by atoms with Crippen LogP contribution in [0.2, 0.25) is 0 Å². The number of hydrogen-bond donors (Lipinski definition) is 1. The van der Waals surface area contributed by atoms with E-state index in [0.717, 1.165) is 31.5 Å². The highest BCUT2D eigenvalue weighted by atomic mass is 19.4. The number of ether oxygens (including phenoxy) is 1. The van der Waals surface area contributed by atoms with E-state index in [1.165, 1.54) is 25.3 Å². The summed E-state index contributed by atoms with van der Waals surface area (Å²) in [5, 5.41) is 2.93. The number of halogens is 4. The van der Waals surface area contributed by atoms with Crippen molar-refractivity contribution in [3.8, 4) is 5.75 Å². The van der Waals surface area contributed by atoms with Gasteiger partial charge in [-0.25, -0.2) is 4.39 Å². The Balaban J connectivity index is 1.70. The van der Waals surface area contributed by atoms with E-state index in [-0.39, 0.29) is 18.2 Å². The van der Waals surface area contributed by atoms with Crippen molar-refractivity contribution in [3.05, 3.63) is 64.0 Å². The van der Waals surface area contributed by atoms with Crippen LogP contribution >= 0.6 is 0 Å². The van der Waals surface area contributed by atoms with Gasteiger partial charge in [0.05, 0.1) is 12.7 Å². The third-order valence-corrected chi connectivity index (χ3v) is 7.63. The van der Waals surface area contributed by atoms with Crippen LogP contribution in [0.15, 0.2) is 30.3 Å². The second kappa shape index (κ2) is 10.4. The summed E-state index contributed by atoms with van der Waals surface area (Å²) in [5.41, 5.74) is 0.576. The molecule has 0 radical (unpaired) electrons. The number of methoxy groups -OCH3 is 1. The van der Waals surface area contributed by atoms with Crippen molar-refractivity contribution < 1.29 is 27.1 Å². The lowest BCUT2D eigenvalue weighted by atomic mass is 9.85. The van der Waals surface area contributed by atoms with Crippen LogP contribution in [-0.4, -0.2) is 56.0 Å². The summed E-state index contributed by atoms with van der Waals surface area (Å²) in [7, 11) is 3.24. The largest absolute Gasteiger partial charge is 0.496 e. The Labute approximate surface area is 209 Å². The van der Waals surface area contributed by atoms with Crippen LogP contribution < -0.4 is 10.1 Å². The molecular formula is C27H33F4N3O2. The lowest BCUT2D eigenvalue weighted by Gasteiger charge is -2.44. The highest BCUT2D eigenvalue weighted by Gasteiger charge is 2.43. The highest BCUT2D eigenvalue weighted by molar-refractivity contribution is 5.87. The molecule has 1 heterocycles. The van der Waals surface area contributed by atoms with Gasteiger partial charge >= 0.3 is 6.18 Å². The second-order valence-corrected chi connectivity index (χ2v) is 9.83. The molecule has 1 aliphatic carbocycles. The Morgan fingerprint density at radius 1 is 1.06 bits per heavy atom. The summed E-state index contributed by atoms with van der Waals surface area (Å²) >= 11 is 0. The maximum absolute atomic E-state index is 13.9. The molecule has 1 fully saturated rings. The fourth-order valence-corrected chi connectivity index (χ4v) is 5.43. The molecule has 1 atom stereocenters. The molecule has 1 aliphatic heterocycles. The zero-order valence-corrected chi connectivity index (χ0v) is 21.0. The molecule has 0 saturated carbocycles. The number of hydrogen-bond acceptors (Lipinski definition) is 4. The minimum atomic E-state index is -4.57. The molecule has 196 valence electrons. The number of likely N-dealkylation sites (N-methyl/N-ethyl adjacent to an activating group) is 1. The topological polar surface area (TPSA) is 44.8 Å². The van der Waals surface area contributed by atoms with Crippen LogP contribution in [0.1, 0.15) is 47.6 Å². The first-order valence-electron chi connectivity index (χ1n) is 12.3. The number of carbonyl (C=O) groups is 1. The molecule has 9 heteroatoms. The fourth-order valence-electron chi connectivity index (χ4n) is 5.43. The number of carbonyl (C=O) groups excluding carboxylic acids is 1. The van der Waals surface area contributed by atoms with Gasteiger partial charge in [0.25, 0.3) is 0 Å². The van der Waals surface area contributed by atoms with Gasteiger partial charge in [0.2, 0.25) is 5.91 Å². The maximum Gasteiger partial charge on any atom is 0.419 e. The third-order valence-electron chi connectivity index (χ3n) is 7.63. The van der Waals surface area contributed by atoms with Gasteiger partial charge in [0.1, 0.15) is 17.1 Å². The van der Waals surface area contributed by atoms with Gasteiger partial charge in [-0.2, -0.15) is 13.2 Å². The van der Waals surface area contributed by atoms with E-state index in [2.05, 4.69) is 15.1 Å². The Kier molecular flexibility index (Phi) is 7.61. The van der Waals surface area contributed by atoms with Crippen LogP contribution in [-0.2, 0) is 35.9 Å². The van der Waals surface area contributed by atoms with Gasteiger partial charge in [0.15, 0.2) is 0 Å². The first-order valence-corrected chi connectivity index (χ1v) is 12.3. The van der Waals surface area contributed by atoms with Crippen LogP contribution in [0.4, 0.5) is 17.6 Å². The van der Waals surface area contributed by atoms with Gasteiger partial charge < -0.3 is 15.0 Å². The minimum absolute atomic E-state index is 0.0845. The predicted octanol–water partition coefficient (Wildman–Crippen LogP) is 4.51. The zero-order valence-electron chi connectivity index (χ0n) is 21.0. The number of benzene rings is 2. The summed E-state index contributed by atoms with van der Waals surface area (Å²) < 4.78 is 60.7. The van der Waals surface area contributed by atoms with Crippen molar-refractivity contribution in [2.75, 3.05) is 40.3 Å². The van der Waals surface area contributed by atoms with Crippen LogP contribution in [0.25, 0.3) is 0 Å². The average Bonchev–Trinajstić information content (AvgIpc) is 2.86.